The van der Waals surface area contributed by atoms with Gasteiger partial charge >= 0.3 is 0 Å². The number of aromatic nitrogens is 2. The van der Waals surface area contributed by atoms with Crippen molar-refractivity contribution in [2.24, 2.45) is 0 Å². The Morgan fingerprint density at radius 1 is 1.64 bits per heavy atom. The molecule has 80 valence electrons. The molecule has 1 aromatic heterocycles. The second-order valence-corrected chi connectivity index (χ2v) is 4.47. The van der Waals surface area contributed by atoms with Crippen LogP contribution in [0.2, 0.25) is 0 Å². The van der Waals surface area contributed by atoms with Crippen LogP contribution in [0, 0.1) is 0 Å². The van der Waals surface area contributed by atoms with Gasteiger partial charge in [0.25, 0.3) is 0 Å². The fourth-order valence-corrected chi connectivity index (χ4v) is 2.10. The van der Waals surface area contributed by atoms with E-state index in [0.717, 1.165) is 10.2 Å². The van der Waals surface area contributed by atoms with Gasteiger partial charge in [-0.25, -0.2) is 0 Å². The zero-order valence-electron chi connectivity index (χ0n) is 8.62. The topological polar surface area (TPSA) is 47.3 Å². The molecule has 0 fully saturated rings. The van der Waals surface area contributed by atoms with Crippen LogP contribution in [0.15, 0.2) is 10.7 Å². The van der Waals surface area contributed by atoms with Crippen molar-refractivity contribution in [3.8, 4) is 0 Å². The van der Waals surface area contributed by atoms with E-state index in [9.17, 15) is 5.11 Å². The molecule has 0 aliphatic heterocycles. The van der Waals surface area contributed by atoms with Gasteiger partial charge in [0, 0.05) is 7.11 Å². The predicted octanol–water partition coefficient (Wildman–Crippen LogP) is 1.52. The van der Waals surface area contributed by atoms with Gasteiger partial charge < -0.3 is 9.84 Å². The molecule has 0 unspecified atom stereocenters. The lowest BCUT2D eigenvalue weighted by molar-refractivity contribution is 0.0652. The maximum absolute atomic E-state index is 9.91. The average molecular weight is 263 g/mol. The van der Waals surface area contributed by atoms with Gasteiger partial charge in [-0.15, -0.1) is 0 Å². The van der Waals surface area contributed by atoms with Crippen molar-refractivity contribution < 1.29 is 9.84 Å². The molecule has 4 nitrogen and oxygen atoms in total. The van der Waals surface area contributed by atoms with Crippen LogP contribution < -0.4 is 0 Å². The quantitative estimate of drug-likeness (QED) is 0.895. The fourth-order valence-electron chi connectivity index (χ4n) is 1.32. The Bertz CT molecular complexity index is 304. The van der Waals surface area contributed by atoms with Crippen LogP contribution in [-0.2, 0) is 16.9 Å². The molecule has 0 amide bonds. The van der Waals surface area contributed by atoms with E-state index in [1.807, 2.05) is 0 Å². The number of methoxy groups -OCH3 is 1. The van der Waals surface area contributed by atoms with E-state index in [1.54, 1.807) is 31.8 Å². The van der Waals surface area contributed by atoms with Crippen LogP contribution in [0.25, 0.3) is 0 Å². The van der Waals surface area contributed by atoms with Gasteiger partial charge in [0.15, 0.2) is 0 Å². The first-order valence-electron chi connectivity index (χ1n) is 4.40. The first-order valence-corrected chi connectivity index (χ1v) is 5.19. The van der Waals surface area contributed by atoms with Crippen molar-refractivity contribution in [3.05, 3.63) is 16.4 Å². The standard InChI is InChI=1S/C9H15BrN2O2/c1-9(2,13)8-7(10)6-11-12(8)4-5-14-3/h6,13H,4-5H2,1-3H3. The average Bonchev–Trinajstić information content (AvgIpc) is 2.42. The summed E-state index contributed by atoms with van der Waals surface area (Å²) in [6, 6.07) is 0. The number of halogens is 1. The molecule has 0 saturated carbocycles. The molecule has 0 aromatic carbocycles. The Hall–Kier alpha value is -0.390. The number of hydrogen-bond acceptors (Lipinski definition) is 3. The minimum absolute atomic E-state index is 0.581. The molecular weight excluding hydrogens is 248 g/mol. The summed E-state index contributed by atoms with van der Waals surface area (Å²) in [5.41, 5.74) is -0.127. The summed E-state index contributed by atoms with van der Waals surface area (Å²) in [5, 5.41) is 14.1. The zero-order valence-corrected chi connectivity index (χ0v) is 10.2. The van der Waals surface area contributed by atoms with Crippen molar-refractivity contribution in [1.82, 2.24) is 9.78 Å². The third kappa shape index (κ3) is 2.56. The lowest BCUT2D eigenvalue weighted by Gasteiger charge is -2.19. The number of nitrogens with zero attached hydrogens (tertiary/aromatic N) is 2. The lowest BCUT2D eigenvalue weighted by atomic mass is 10.1. The van der Waals surface area contributed by atoms with Gasteiger partial charge in [-0.3, -0.25) is 4.68 Å². The summed E-state index contributed by atoms with van der Waals surface area (Å²) in [7, 11) is 1.64. The van der Waals surface area contributed by atoms with E-state index in [4.69, 9.17) is 4.74 Å². The predicted molar refractivity (Wildman–Crippen MR) is 57.0 cm³/mol. The summed E-state index contributed by atoms with van der Waals surface area (Å²) in [4.78, 5) is 0. The van der Waals surface area contributed by atoms with Crippen molar-refractivity contribution in [3.63, 3.8) is 0 Å². The van der Waals surface area contributed by atoms with E-state index < -0.39 is 5.60 Å². The molecule has 14 heavy (non-hydrogen) atoms. The highest BCUT2D eigenvalue weighted by molar-refractivity contribution is 9.10. The van der Waals surface area contributed by atoms with Crippen molar-refractivity contribution in [2.45, 2.75) is 26.0 Å². The maximum atomic E-state index is 9.91. The monoisotopic (exact) mass is 262 g/mol. The molecule has 0 atom stereocenters. The third-order valence-electron chi connectivity index (χ3n) is 1.88. The molecule has 1 N–H and O–H groups in total. The minimum atomic E-state index is -0.900. The molecule has 1 heterocycles. The van der Waals surface area contributed by atoms with Gasteiger partial charge in [0.1, 0.15) is 5.60 Å². The van der Waals surface area contributed by atoms with E-state index in [2.05, 4.69) is 21.0 Å². The molecule has 0 radical (unpaired) electrons. The Kier molecular flexibility index (Phi) is 3.69. The Labute approximate surface area is 92.0 Å². The van der Waals surface area contributed by atoms with Gasteiger partial charge in [0.2, 0.25) is 0 Å². The van der Waals surface area contributed by atoms with E-state index in [1.165, 1.54) is 0 Å². The van der Waals surface area contributed by atoms with Gasteiger partial charge in [-0.05, 0) is 29.8 Å². The highest BCUT2D eigenvalue weighted by atomic mass is 79.9. The van der Waals surface area contributed by atoms with Gasteiger partial charge in [-0.1, -0.05) is 0 Å². The molecular formula is C9H15BrN2O2. The van der Waals surface area contributed by atoms with E-state index in [-0.39, 0.29) is 0 Å². The second-order valence-electron chi connectivity index (χ2n) is 3.62. The normalized spacial score (nSPS) is 12.1. The SMILES string of the molecule is COCCn1ncc(Br)c1C(C)(C)O. The summed E-state index contributed by atoms with van der Waals surface area (Å²) < 4.78 is 7.53. The van der Waals surface area contributed by atoms with Crippen LogP contribution in [0.5, 0.6) is 0 Å². The molecule has 1 rings (SSSR count). The molecule has 0 aliphatic carbocycles. The zero-order chi connectivity index (χ0) is 10.8. The Morgan fingerprint density at radius 2 is 2.29 bits per heavy atom. The minimum Gasteiger partial charge on any atom is -0.384 e. The third-order valence-corrected chi connectivity index (χ3v) is 2.46. The Morgan fingerprint density at radius 3 is 2.79 bits per heavy atom. The summed E-state index contributed by atoms with van der Waals surface area (Å²) in [6.07, 6.45) is 1.68. The van der Waals surface area contributed by atoms with Gasteiger partial charge in [-0.2, -0.15) is 5.10 Å². The van der Waals surface area contributed by atoms with Crippen LogP contribution in [0.1, 0.15) is 19.5 Å². The molecule has 0 spiro atoms. The van der Waals surface area contributed by atoms with E-state index in [0.29, 0.717) is 13.2 Å². The van der Waals surface area contributed by atoms with Crippen molar-refractivity contribution in [1.29, 1.82) is 0 Å². The summed E-state index contributed by atoms with van der Waals surface area (Å²) in [5.74, 6) is 0. The highest BCUT2D eigenvalue weighted by Gasteiger charge is 2.24. The number of ether oxygens (including phenoxy) is 1. The largest absolute Gasteiger partial charge is 0.384 e. The summed E-state index contributed by atoms with van der Waals surface area (Å²) in [6.45, 7) is 4.69. The summed E-state index contributed by atoms with van der Waals surface area (Å²) >= 11 is 3.36. The molecule has 0 saturated heterocycles. The number of hydrogen-bond donors (Lipinski definition) is 1. The van der Waals surface area contributed by atoms with Crippen molar-refractivity contribution >= 4 is 15.9 Å². The molecule has 5 heteroatoms. The van der Waals surface area contributed by atoms with Gasteiger partial charge in [0.05, 0.1) is 29.5 Å². The molecule has 0 bridgehead atoms. The van der Waals surface area contributed by atoms with Crippen molar-refractivity contribution in [2.75, 3.05) is 13.7 Å². The smallest absolute Gasteiger partial charge is 0.102 e. The number of rotatable bonds is 4. The first kappa shape index (κ1) is 11.7. The van der Waals surface area contributed by atoms with Crippen LogP contribution in [0.3, 0.4) is 0 Å². The van der Waals surface area contributed by atoms with Crippen LogP contribution in [-0.4, -0.2) is 28.6 Å². The highest BCUT2D eigenvalue weighted by Crippen LogP contribution is 2.27. The maximum Gasteiger partial charge on any atom is 0.102 e. The molecule has 1 aromatic rings. The number of aliphatic hydroxyl groups is 1. The van der Waals surface area contributed by atoms with Crippen LogP contribution in [0.4, 0.5) is 0 Å². The first-order chi connectivity index (χ1) is 6.46. The second kappa shape index (κ2) is 4.42. The lowest BCUT2D eigenvalue weighted by Crippen LogP contribution is -2.23. The fraction of sp³-hybridized carbons (Fsp3) is 0.667. The molecule has 0 aliphatic rings. The Balaban J connectivity index is 2.95. The van der Waals surface area contributed by atoms with E-state index >= 15 is 0 Å². The van der Waals surface area contributed by atoms with Crippen LogP contribution >= 0.6 is 15.9 Å².